The molecule has 0 spiro atoms. The highest BCUT2D eigenvalue weighted by Crippen LogP contribution is 2.18. The van der Waals surface area contributed by atoms with Crippen molar-refractivity contribution in [3.05, 3.63) is 29.6 Å². The molecular weight excluding hydrogens is 243 g/mol. The second-order valence-electron chi connectivity index (χ2n) is 3.59. The van der Waals surface area contributed by atoms with Crippen molar-refractivity contribution in [3.8, 4) is 5.75 Å². The summed E-state index contributed by atoms with van der Waals surface area (Å²) in [6, 6.07) is 4.12. The maximum atomic E-state index is 13.5. The topological polar surface area (TPSA) is 55.6 Å². The van der Waals surface area contributed by atoms with Crippen molar-refractivity contribution in [3.63, 3.8) is 0 Å². The highest BCUT2D eigenvalue weighted by atomic mass is 32.1. The van der Waals surface area contributed by atoms with Crippen LogP contribution in [0.15, 0.2) is 18.2 Å². The quantitative estimate of drug-likeness (QED) is 0.814. The van der Waals surface area contributed by atoms with Gasteiger partial charge in [-0.3, -0.25) is 4.79 Å². The van der Waals surface area contributed by atoms with Crippen LogP contribution in [-0.4, -0.2) is 36.5 Å². The molecule has 2 N–H and O–H groups in total. The van der Waals surface area contributed by atoms with Gasteiger partial charge in [0.05, 0.1) is 0 Å². The molecule has 17 heavy (non-hydrogen) atoms. The van der Waals surface area contributed by atoms with E-state index in [4.69, 9.17) is 22.7 Å². The van der Waals surface area contributed by atoms with Crippen LogP contribution in [0.3, 0.4) is 0 Å². The van der Waals surface area contributed by atoms with Gasteiger partial charge in [0, 0.05) is 19.7 Å². The molecule has 0 aliphatic heterocycles. The number of thiocarbonyl (C=S) groups is 1. The van der Waals surface area contributed by atoms with Crippen LogP contribution in [0.2, 0.25) is 0 Å². The highest BCUT2D eigenvalue weighted by molar-refractivity contribution is 7.80. The molecule has 0 saturated carbocycles. The molecule has 1 amide bonds. The molecule has 0 aliphatic carbocycles. The van der Waals surface area contributed by atoms with Crippen LogP contribution in [0.25, 0.3) is 0 Å². The van der Waals surface area contributed by atoms with Gasteiger partial charge in [-0.1, -0.05) is 12.2 Å². The van der Waals surface area contributed by atoms with Gasteiger partial charge in [-0.05, 0) is 18.2 Å². The fourth-order valence-electron chi connectivity index (χ4n) is 1.04. The lowest BCUT2D eigenvalue weighted by molar-refractivity contribution is -0.130. The lowest BCUT2D eigenvalue weighted by Gasteiger charge is -2.12. The van der Waals surface area contributed by atoms with E-state index in [1.165, 1.54) is 17.0 Å². The zero-order valence-corrected chi connectivity index (χ0v) is 10.4. The molecule has 0 aromatic heterocycles. The number of rotatable bonds is 4. The van der Waals surface area contributed by atoms with E-state index >= 15 is 0 Å². The molecule has 92 valence electrons. The van der Waals surface area contributed by atoms with E-state index < -0.39 is 5.82 Å². The normalized spacial score (nSPS) is 9.82. The average molecular weight is 256 g/mol. The number of nitrogens with two attached hydrogens (primary N) is 1. The zero-order chi connectivity index (χ0) is 13.0. The van der Waals surface area contributed by atoms with E-state index in [1.54, 1.807) is 20.2 Å². The second-order valence-corrected chi connectivity index (χ2v) is 4.03. The maximum Gasteiger partial charge on any atom is 0.259 e. The van der Waals surface area contributed by atoms with Crippen molar-refractivity contribution < 1.29 is 13.9 Å². The Bertz CT molecular complexity index is 449. The Morgan fingerprint density at radius 2 is 2.18 bits per heavy atom. The molecule has 0 heterocycles. The molecule has 1 aromatic rings. The molecule has 0 fully saturated rings. The number of amides is 1. The summed E-state index contributed by atoms with van der Waals surface area (Å²) >= 11 is 4.71. The van der Waals surface area contributed by atoms with E-state index in [9.17, 15) is 9.18 Å². The van der Waals surface area contributed by atoms with Gasteiger partial charge in [-0.2, -0.15) is 0 Å². The summed E-state index contributed by atoms with van der Waals surface area (Å²) in [6.45, 7) is -0.212. The summed E-state index contributed by atoms with van der Waals surface area (Å²) in [4.78, 5) is 12.7. The second kappa shape index (κ2) is 5.58. The largest absolute Gasteiger partial charge is 0.481 e. The van der Waals surface area contributed by atoms with Crippen LogP contribution in [0.4, 0.5) is 4.39 Å². The highest BCUT2D eigenvalue weighted by Gasteiger charge is 2.09. The minimum Gasteiger partial charge on any atom is -0.481 e. The summed E-state index contributed by atoms with van der Waals surface area (Å²) in [6.07, 6.45) is 0. The van der Waals surface area contributed by atoms with Gasteiger partial charge >= 0.3 is 0 Å². The van der Waals surface area contributed by atoms with E-state index in [-0.39, 0.29) is 23.3 Å². The smallest absolute Gasteiger partial charge is 0.259 e. The van der Waals surface area contributed by atoms with Crippen LogP contribution in [0.1, 0.15) is 5.56 Å². The van der Waals surface area contributed by atoms with Crippen molar-refractivity contribution in [1.82, 2.24) is 4.90 Å². The number of carbonyl (C=O) groups is 1. The summed E-state index contributed by atoms with van der Waals surface area (Å²) in [5.41, 5.74) is 5.78. The van der Waals surface area contributed by atoms with Crippen LogP contribution >= 0.6 is 12.2 Å². The number of likely N-dealkylation sites (N-methyl/N-ethyl adjacent to an activating group) is 1. The van der Waals surface area contributed by atoms with Gasteiger partial charge in [0.25, 0.3) is 5.91 Å². The first kappa shape index (κ1) is 13.4. The van der Waals surface area contributed by atoms with Gasteiger partial charge in [0.2, 0.25) is 0 Å². The van der Waals surface area contributed by atoms with Gasteiger partial charge in [0.1, 0.15) is 4.99 Å². The molecular formula is C11H13FN2O2S. The molecule has 6 heteroatoms. The minimum absolute atomic E-state index is 0.000185. The van der Waals surface area contributed by atoms with Gasteiger partial charge in [0.15, 0.2) is 18.2 Å². The molecule has 0 bridgehead atoms. The van der Waals surface area contributed by atoms with E-state index in [2.05, 4.69) is 0 Å². The zero-order valence-electron chi connectivity index (χ0n) is 9.57. The Morgan fingerprint density at radius 3 is 2.65 bits per heavy atom. The average Bonchev–Trinajstić information content (AvgIpc) is 2.26. The Kier molecular flexibility index (Phi) is 4.39. The summed E-state index contributed by atoms with van der Waals surface area (Å²) in [7, 11) is 3.19. The first-order valence-electron chi connectivity index (χ1n) is 4.84. The van der Waals surface area contributed by atoms with Crippen LogP contribution in [0.5, 0.6) is 5.75 Å². The Hall–Kier alpha value is -1.69. The van der Waals surface area contributed by atoms with Crippen LogP contribution < -0.4 is 10.5 Å². The van der Waals surface area contributed by atoms with Gasteiger partial charge in [-0.15, -0.1) is 0 Å². The van der Waals surface area contributed by atoms with Crippen molar-refractivity contribution in [1.29, 1.82) is 0 Å². The van der Waals surface area contributed by atoms with E-state index in [0.29, 0.717) is 5.56 Å². The summed E-state index contributed by atoms with van der Waals surface area (Å²) in [5.74, 6) is -0.843. The number of halogens is 1. The van der Waals surface area contributed by atoms with Crippen LogP contribution in [0, 0.1) is 5.82 Å². The molecule has 0 aliphatic rings. The summed E-state index contributed by atoms with van der Waals surface area (Å²) in [5, 5.41) is 0. The van der Waals surface area contributed by atoms with Crippen molar-refractivity contribution >= 4 is 23.1 Å². The van der Waals surface area contributed by atoms with E-state index in [1.807, 2.05) is 0 Å². The first-order chi connectivity index (χ1) is 7.91. The fourth-order valence-corrected chi connectivity index (χ4v) is 1.17. The lowest BCUT2D eigenvalue weighted by Crippen LogP contribution is -2.27. The summed E-state index contributed by atoms with van der Waals surface area (Å²) < 4.78 is 18.5. The SMILES string of the molecule is CN(C)C(=O)COc1ccc(C(N)=S)cc1F. The maximum absolute atomic E-state index is 13.5. The molecule has 4 nitrogen and oxygen atoms in total. The predicted octanol–water partition coefficient (Wildman–Crippen LogP) is 0.927. The lowest BCUT2D eigenvalue weighted by atomic mass is 10.2. The third-order valence-corrected chi connectivity index (χ3v) is 2.30. The number of hydrogen-bond acceptors (Lipinski definition) is 3. The molecule has 0 radical (unpaired) electrons. The number of benzene rings is 1. The molecule has 0 unspecified atom stereocenters. The monoisotopic (exact) mass is 256 g/mol. The first-order valence-corrected chi connectivity index (χ1v) is 5.25. The van der Waals surface area contributed by atoms with Crippen molar-refractivity contribution in [2.24, 2.45) is 5.73 Å². The Labute approximate surface area is 104 Å². The molecule has 1 aromatic carbocycles. The molecule has 1 rings (SSSR count). The Balaban J connectivity index is 2.73. The van der Waals surface area contributed by atoms with Crippen molar-refractivity contribution in [2.45, 2.75) is 0 Å². The standard InChI is InChI=1S/C11H13FN2O2S/c1-14(2)10(15)6-16-9-4-3-7(11(13)17)5-8(9)12/h3-5H,6H2,1-2H3,(H2,13,17). The number of hydrogen-bond donors (Lipinski definition) is 1. The third kappa shape index (κ3) is 3.67. The van der Waals surface area contributed by atoms with E-state index in [0.717, 1.165) is 0 Å². The molecule has 0 atom stereocenters. The molecule has 0 saturated heterocycles. The fraction of sp³-hybridized carbons (Fsp3) is 0.273. The predicted molar refractivity (Wildman–Crippen MR) is 66.5 cm³/mol. The minimum atomic E-state index is -0.596. The van der Waals surface area contributed by atoms with Crippen molar-refractivity contribution in [2.75, 3.05) is 20.7 Å². The number of nitrogens with zero attached hydrogens (tertiary/aromatic N) is 1. The third-order valence-electron chi connectivity index (χ3n) is 2.07. The van der Waals surface area contributed by atoms with Crippen LogP contribution in [-0.2, 0) is 4.79 Å². The number of carbonyl (C=O) groups excluding carboxylic acids is 1. The Morgan fingerprint density at radius 1 is 1.53 bits per heavy atom. The van der Waals surface area contributed by atoms with Gasteiger partial charge in [-0.25, -0.2) is 4.39 Å². The number of ether oxygens (including phenoxy) is 1. The van der Waals surface area contributed by atoms with Gasteiger partial charge < -0.3 is 15.4 Å².